The van der Waals surface area contributed by atoms with Crippen molar-refractivity contribution in [1.82, 2.24) is 10.6 Å². The molecule has 0 radical (unpaired) electrons. The minimum atomic E-state index is 0.358. The Bertz CT molecular complexity index is 197. The summed E-state index contributed by atoms with van der Waals surface area (Å²) in [5.41, 5.74) is 0.358. The van der Waals surface area contributed by atoms with Gasteiger partial charge >= 0.3 is 0 Å². The average Bonchev–Trinajstić information content (AvgIpc) is 2.43. The fourth-order valence-electron chi connectivity index (χ4n) is 1.26. The predicted octanol–water partition coefficient (Wildman–Crippen LogP) is 1.75. The molecular weight excluding hydrogens is 174 g/mol. The van der Waals surface area contributed by atoms with Gasteiger partial charge in [0.2, 0.25) is 0 Å². The van der Waals surface area contributed by atoms with Gasteiger partial charge in [0, 0.05) is 19.6 Å². The van der Waals surface area contributed by atoms with Gasteiger partial charge in [0.05, 0.1) is 0 Å². The van der Waals surface area contributed by atoms with Crippen LogP contribution in [0.25, 0.3) is 0 Å². The largest absolute Gasteiger partial charge is 0.356 e. The Morgan fingerprint density at radius 2 is 2.21 bits per heavy atom. The van der Waals surface area contributed by atoms with Gasteiger partial charge in [-0.2, -0.15) is 0 Å². The Labute approximate surface area is 87.4 Å². The molecule has 0 spiro atoms. The number of hydrogen-bond acceptors (Lipinski definition) is 3. The zero-order chi connectivity index (χ0) is 10.4. The van der Waals surface area contributed by atoms with Gasteiger partial charge in [0.1, 0.15) is 0 Å². The maximum atomic E-state index is 4.45. The monoisotopic (exact) mass is 197 g/mol. The first-order valence-electron chi connectivity index (χ1n) is 5.66. The molecule has 0 atom stereocenters. The second-order valence-electron chi connectivity index (χ2n) is 4.74. The normalized spacial score (nSPS) is 18.1. The van der Waals surface area contributed by atoms with Gasteiger partial charge in [0.15, 0.2) is 5.96 Å². The molecule has 0 saturated carbocycles. The Kier molecular flexibility index (Phi) is 4.23. The lowest BCUT2D eigenvalue weighted by Crippen LogP contribution is -2.41. The molecule has 3 nitrogen and oxygen atoms in total. The number of hydrogen-bond donors (Lipinski definition) is 2. The van der Waals surface area contributed by atoms with E-state index in [4.69, 9.17) is 0 Å². The molecule has 14 heavy (non-hydrogen) atoms. The molecule has 82 valence electrons. The third kappa shape index (κ3) is 3.99. The molecule has 0 aliphatic carbocycles. The van der Waals surface area contributed by atoms with Crippen molar-refractivity contribution in [2.45, 2.75) is 40.0 Å². The van der Waals surface area contributed by atoms with E-state index < -0.39 is 0 Å². The minimum Gasteiger partial charge on any atom is -0.356 e. The van der Waals surface area contributed by atoms with Crippen molar-refractivity contribution in [1.29, 1.82) is 0 Å². The fourth-order valence-corrected chi connectivity index (χ4v) is 1.26. The van der Waals surface area contributed by atoms with E-state index in [9.17, 15) is 0 Å². The quantitative estimate of drug-likeness (QED) is 0.723. The predicted molar refractivity (Wildman–Crippen MR) is 61.6 cm³/mol. The van der Waals surface area contributed by atoms with Crippen LogP contribution in [0.15, 0.2) is 4.99 Å². The first kappa shape index (κ1) is 11.3. The summed E-state index contributed by atoms with van der Waals surface area (Å²) < 4.78 is 0. The highest BCUT2D eigenvalue weighted by Gasteiger charge is 2.15. The van der Waals surface area contributed by atoms with E-state index in [1.807, 2.05) is 0 Å². The van der Waals surface area contributed by atoms with Crippen molar-refractivity contribution < 1.29 is 0 Å². The van der Waals surface area contributed by atoms with E-state index in [1.165, 1.54) is 19.3 Å². The Balaban J connectivity index is 2.32. The lowest BCUT2D eigenvalue weighted by Gasteiger charge is -2.24. The van der Waals surface area contributed by atoms with Crippen LogP contribution in [0.1, 0.15) is 40.0 Å². The molecule has 0 amide bonds. The van der Waals surface area contributed by atoms with E-state index in [1.54, 1.807) is 0 Å². The molecule has 0 aromatic carbocycles. The molecule has 0 aromatic heterocycles. The van der Waals surface area contributed by atoms with E-state index in [-0.39, 0.29) is 0 Å². The molecule has 0 aromatic rings. The van der Waals surface area contributed by atoms with Crippen molar-refractivity contribution in [2.24, 2.45) is 10.4 Å². The van der Waals surface area contributed by atoms with Gasteiger partial charge in [-0.1, -0.05) is 20.8 Å². The smallest absolute Gasteiger partial charge is 0.191 e. The standard InChI is InChI=1S/C11H23N3/c1-4-11(2,3)9-14-10-12-7-5-6-8-13-10/h4-9H2,1-3H3,(H2,12,13,14). The summed E-state index contributed by atoms with van der Waals surface area (Å²) in [5.74, 6) is 0.990. The van der Waals surface area contributed by atoms with Crippen LogP contribution in [0, 0.1) is 5.41 Å². The van der Waals surface area contributed by atoms with Crippen LogP contribution < -0.4 is 10.6 Å². The van der Waals surface area contributed by atoms with Gasteiger partial charge in [0.25, 0.3) is 0 Å². The first-order valence-corrected chi connectivity index (χ1v) is 5.66. The first-order chi connectivity index (χ1) is 6.64. The summed E-state index contributed by atoms with van der Waals surface area (Å²) >= 11 is 0. The third-order valence-electron chi connectivity index (χ3n) is 2.84. The SMILES string of the molecule is CCC(C)(C)CNC1=NCCCCN1. The number of nitrogens with zero attached hydrogens (tertiary/aromatic N) is 1. The van der Waals surface area contributed by atoms with Crippen molar-refractivity contribution >= 4 is 5.96 Å². The van der Waals surface area contributed by atoms with Gasteiger partial charge in [-0.25, -0.2) is 0 Å². The molecular formula is C11H23N3. The zero-order valence-electron chi connectivity index (χ0n) is 9.69. The molecule has 0 fully saturated rings. The maximum Gasteiger partial charge on any atom is 0.191 e. The highest BCUT2D eigenvalue weighted by atomic mass is 15.2. The molecule has 2 N–H and O–H groups in total. The zero-order valence-corrected chi connectivity index (χ0v) is 9.69. The van der Waals surface area contributed by atoms with Gasteiger partial charge < -0.3 is 10.6 Å². The number of aliphatic imine (C=N–C) groups is 1. The molecule has 1 aliphatic heterocycles. The average molecular weight is 197 g/mol. The summed E-state index contributed by atoms with van der Waals surface area (Å²) in [6.07, 6.45) is 3.62. The highest BCUT2D eigenvalue weighted by molar-refractivity contribution is 5.79. The van der Waals surface area contributed by atoms with Crippen LogP contribution in [0.5, 0.6) is 0 Å². The van der Waals surface area contributed by atoms with Gasteiger partial charge in [-0.3, -0.25) is 4.99 Å². The Morgan fingerprint density at radius 1 is 1.43 bits per heavy atom. The molecule has 0 saturated heterocycles. The van der Waals surface area contributed by atoms with Crippen LogP contribution in [-0.4, -0.2) is 25.6 Å². The fraction of sp³-hybridized carbons (Fsp3) is 0.909. The van der Waals surface area contributed by atoms with Crippen LogP contribution in [-0.2, 0) is 0 Å². The molecule has 1 rings (SSSR count). The summed E-state index contributed by atoms with van der Waals surface area (Å²) in [6.45, 7) is 9.79. The van der Waals surface area contributed by atoms with E-state index >= 15 is 0 Å². The molecule has 1 aliphatic rings. The summed E-state index contributed by atoms with van der Waals surface area (Å²) in [7, 11) is 0. The highest BCUT2D eigenvalue weighted by Crippen LogP contribution is 2.17. The lowest BCUT2D eigenvalue weighted by molar-refractivity contribution is 0.348. The van der Waals surface area contributed by atoms with Gasteiger partial charge in [-0.15, -0.1) is 0 Å². The molecule has 1 heterocycles. The number of rotatable bonds is 3. The summed E-state index contributed by atoms with van der Waals surface area (Å²) in [6, 6.07) is 0. The number of guanidine groups is 1. The Morgan fingerprint density at radius 3 is 2.93 bits per heavy atom. The third-order valence-corrected chi connectivity index (χ3v) is 2.84. The summed E-state index contributed by atoms with van der Waals surface area (Å²) in [4.78, 5) is 4.45. The van der Waals surface area contributed by atoms with Crippen LogP contribution in [0.2, 0.25) is 0 Å². The Hall–Kier alpha value is -0.730. The molecule has 0 bridgehead atoms. The van der Waals surface area contributed by atoms with Crippen molar-refractivity contribution in [3.05, 3.63) is 0 Å². The second kappa shape index (κ2) is 5.23. The van der Waals surface area contributed by atoms with Gasteiger partial charge in [-0.05, 0) is 24.7 Å². The topological polar surface area (TPSA) is 36.4 Å². The lowest BCUT2D eigenvalue weighted by atomic mass is 9.90. The maximum absolute atomic E-state index is 4.45. The number of nitrogens with one attached hydrogen (secondary N) is 2. The van der Waals surface area contributed by atoms with E-state index in [2.05, 4.69) is 36.4 Å². The van der Waals surface area contributed by atoms with Crippen molar-refractivity contribution in [3.8, 4) is 0 Å². The van der Waals surface area contributed by atoms with Crippen molar-refractivity contribution in [2.75, 3.05) is 19.6 Å². The molecule has 3 heteroatoms. The molecule has 0 unspecified atom stereocenters. The van der Waals surface area contributed by atoms with E-state index in [0.29, 0.717) is 5.41 Å². The van der Waals surface area contributed by atoms with Crippen LogP contribution >= 0.6 is 0 Å². The van der Waals surface area contributed by atoms with Crippen LogP contribution in [0.3, 0.4) is 0 Å². The van der Waals surface area contributed by atoms with Crippen LogP contribution in [0.4, 0.5) is 0 Å². The van der Waals surface area contributed by atoms with Crippen molar-refractivity contribution in [3.63, 3.8) is 0 Å². The second-order valence-corrected chi connectivity index (χ2v) is 4.74. The summed E-state index contributed by atoms with van der Waals surface area (Å²) in [5, 5.41) is 6.71. The minimum absolute atomic E-state index is 0.358. The van der Waals surface area contributed by atoms with E-state index in [0.717, 1.165) is 25.6 Å².